The summed E-state index contributed by atoms with van der Waals surface area (Å²) in [6.07, 6.45) is 10.9. The first-order valence-corrected chi connectivity index (χ1v) is 5.14. The first-order chi connectivity index (χ1) is 6.33. The van der Waals surface area contributed by atoms with Crippen molar-refractivity contribution in [1.82, 2.24) is 5.32 Å². The summed E-state index contributed by atoms with van der Waals surface area (Å²) in [7, 11) is 0. The van der Waals surface area contributed by atoms with E-state index in [4.69, 9.17) is 11.2 Å². The van der Waals surface area contributed by atoms with Crippen molar-refractivity contribution in [2.75, 3.05) is 13.2 Å². The molecule has 0 aromatic carbocycles. The molecule has 0 aromatic rings. The van der Waals surface area contributed by atoms with Crippen molar-refractivity contribution in [3.63, 3.8) is 0 Å². The molecule has 2 nitrogen and oxygen atoms in total. The van der Waals surface area contributed by atoms with Crippen LogP contribution < -0.4 is 5.32 Å². The van der Waals surface area contributed by atoms with E-state index in [1.54, 1.807) is 0 Å². The fourth-order valence-corrected chi connectivity index (χ4v) is 1.61. The molecule has 1 aliphatic rings. The summed E-state index contributed by atoms with van der Waals surface area (Å²) in [6.45, 7) is 3.63. The molecule has 0 saturated heterocycles. The van der Waals surface area contributed by atoms with E-state index in [0.717, 1.165) is 13.2 Å². The summed E-state index contributed by atoms with van der Waals surface area (Å²) in [4.78, 5) is 0. The minimum absolute atomic E-state index is 0.159. The number of hydrogen-bond acceptors (Lipinski definition) is 2. The van der Waals surface area contributed by atoms with Crippen LogP contribution in [0.4, 0.5) is 0 Å². The average molecular weight is 181 g/mol. The molecule has 1 atom stereocenters. The molecule has 1 aliphatic carbocycles. The molecule has 13 heavy (non-hydrogen) atoms. The van der Waals surface area contributed by atoms with E-state index < -0.39 is 0 Å². The molecule has 2 heteroatoms. The minimum Gasteiger partial charge on any atom is -0.377 e. The van der Waals surface area contributed by atoms with Crippen molar-refractivity contribution in [1.29, 1.82) is 0 Å². The molecule has 0 bridgehead atoms. The maximum Gasteiger partial charge on any atom is 0.0659 e. The molecule has 0 spiro atoms. The Morgan fingerprint density at radius 1 is 1.54 bits per heavy atom. The van der Waals surface area contributed by atoms with Gasteiger partial charge in [0.2, 0.25) is 0 Å². The smallest absolute Gasteiger partial charge is 0.0659 e. The van der Waals surface area contributed by atoms with Crippen LogP contribution >= 0.6 is 0 Å². The van der Waals surface area contributed by atoms with Crippen molar-refractivity contribution in [2.24, 2.45) is 0 Å². The molecule has 74 valence electrons. The van der Waals surface area contributed by atoms with Gasteiger partial charge in [-0.2, -0.15) is 0 Å². The van der Waals surface area contributed by atoms with Crippen LogP contribution in [-0.2, 0) is 4.74 Å². The number of nitrogens with one attached hydrogen (secondary N) is 1. The quantitative estimate of drug-likeness (QED) is 0.513. The van der Waals surface area contributed by atoms with Crippen LogP contribution in [-0.4, -0.2) is 25.3 Å². The van der Waals surface area contributed by atoms with Crippen LogP contribution in [0.5, 0.6) is 0 Å². The number of terminal acetylenes is 1. The number of ether oxygens (including phenoxy) is 1. The Kier molecular flexibility index (Phi) is 4.88. The zero-order chi connectivity index (χ0) is 9.52. The van der Waals surface area contributed by atoms with Crippen molar-refractivity contribution < 1.29 is 4.74 Å². The maximum absolute atomic E-state index is 5.67. The van der Waals surface area contributed by atoms with Gasteiger partial charge in [-0.25, -0.2) is 0 Å². The predicted octanol–water partition coefficient (Wildman–Crippen LogP) is 1.56. The number of hydrogen-bond donors (Lipinski definition) is 1. The van der Waals surface area contributed by atoms with Gasteiger partial charge in [0.15, 0.2) is 0 Å². The van der Waals surface area contributed by atoms with Crippen LogP contribution in [0.15, 0.2) is 0 Å². The largest absolute Gasteiger partial charge is 0.377 e. The molecule has 1 fully saturated rings. The lowest BCUT2D eigenvalue weighted by Crippen LogP contribution is -2.29. The Bertz CT molecular complexity index is 167. The lowest BCUT2D eigenvalue weighted by molar-refractivity contribution is 0.0600. The highest BCUT2D eigenvalue weighted by Gasteiger charge is 2.14. The van der Waals surface area contributed by atoms with E-state index in [9.17, 15) is 0 Å². The van der Waals surface area contributed by atoms with E-state index >= 15 is 0 Å². The number of rotatable bonds is 5. The standard InChI is InChI=1S/C11H19NO/c1-3-10(2)12-8-9-13-11-6-4-5-7-11/h1,10-12H,4-9H2,2H3. The fraction of sp³-hybridized carbons (Fsp3) is 0.818. The average Bonchev–Trinajstić information content (AvgIpc) is 2.64. The maximum atomic E-state index is 5.67. The molecule has 1 rings (SSSR count). The first-order valence-electron chi connectivity index (χ1n) is 5.14. The molecule has 0 aromatic heterocycles. The molecule has 0 amide bonds. The zero-order valence-electron chi connectivity index (χ0n) is 8.38. The van der Waals surface area contributed by atoms with E-state index in [0.29, 0.717) is 6.10 Å². The van der Waals surface area contributed by atoms with Gasteiger partial charge in [-0.05, 0) is 19.8 Å². The van der Waals surface area contributed by atoms with Crippen molar-refractivity contribution >= 4 is 0 Å². The summed E-state index contributed by atoms with van der Waals surface area (Å²) < 4.78 is 5.67. The highest BCUT2D eigenvalue weighted by molar-refractivity contribution is 4.95. The topological polar surface area (TPSA) is 21.3 Å². The second kappa shape index (κ2) is 6.01. The van der Waals surface area contributed by atoms with Crippen molar-refractivity contribution in [3.05, 3.63) is 0 Å². The lowest BCUT2D eigenvalue weighted by Gasteiger charge is -2.12. The molecule has 1 unspecified atom stereocenters. The third-order valence-corrected chi connectivity index (χ3v) is 2.46. The Morgan fingerprint density at radius 2 is 2.23 bits per heavy atom. The molecular formula is C11H19NO. The normalized spacial score (nSPS) is 20.0. The summed E-state index contributed by atoms with van der Waals surface area (Å²) in [5.74, 6) is 2.63. The van der Waals surface area contributed by atoms with Gasteiger partial charge < -0.3 is 10.1 Å². The molecule has 1 N–H and O–H groups in total. The predicted molar refractivity (Wildman–Crippen MR) is 54.5 cm³/mol. The summed E-state index contributed by atoms with van der Waals surface area (Å²) in [6, 6.07) is 0.159. The summed E-state index contributed by atoms with van der Waals surface area (Å²) in [5, 5.41) is 3.20. The van der Waals surface area contributed by atoms with Crippen LogP contribution in [0.1, 0.15) is 32.6 Å². The molecular weight excluding hydrogens is 162 g/mol. The minimum atomic E-state index is 0.159. The lowest BCUT2D eigenvalue weighted by atomic mass is 10.3. The third-order valence-electron chi connectivity index (χ3n) is 2.46. The van der Waals surface area contributed by atoms with Gasteiger partial charge in [-0.1, -0.05) is 18.8 Å². The van der Waals surface area contributed by atoms with Gasteiger partial charge in [0, 0.05) is 6.54 Å². The Morgan fingerprint density at radius 3 is 2.85 bits per heavy atom. The van der Waals surface area contributed by atoms with Gasteiger partial charge in [-0.3, -0.25) is 0 Å². The van der Waals surface area contributed by atoms with Crippen LogP contribution in [0.2, 0.25) is 0 Å². The zero-order valence-corrected chi connectivity index (χ0v) is 8.38. The highest BCUT2D eigenvalue weighted by atomic mass is 16.5. The van der Waals surface area contributed by atoms with Gasteiger partial charge in [0.1, 0.15) is 0 Å². The third kappa shape index (κ3) is 4.31. The fourth-order valence-electron chi connectivity index (χ4n) is 1.61. The second-order valence-corrected chi connectivity index (χ2v) is 3.62. The van der Waals surface area contributed by atoms with Crippen molar-refractivity contribution in [2.45, 2.75) is 44.8 Å². The SMILES string of the molecule is C#CC(C)NCCOC1CCCC1. The van der Waals surface area contributed by atoms with Crippen LogP contribution in [0.25, 0.3) is 0 Å². The van der Waals surface area contributed by atoms with Crippen molar-refractivity contribution in [3.8, 4) is 12.3 Å². The van der Waals surface area contributed by atoms with Gasteiger partial charge in [-0.15, -0.1) is 6.42 Å². The van der Waals surface area contributed by atoms with Crippen LogP contribution in [0, 0.1) is 12.3 Å². The van der Waals surface area contributed by atoms with E-state index in [1.165, 1.54) is 25.7 Å². The van der Waals surface area contributed by atoms with E-state index in [2.05, 4.69) is 11.2 Å². The summed E-state index contributed by atoms with van der Waals surface area (Å²) >= 11 is 0. The van der Waals surface area contributed by atoms with Gasteiger partial charge in [0.25, 0.3) is 0 Å². The van der Waals surface area contributed by atoms with E-state index in [-0.39, 0.29) is 6.04 Å². The molecule has 0 aliphatic heterocycles. The monoisotopic (exact) mass is 181 g/mol. The highest BCUT2D eigenvalue weighted by Crippen LogP contribution is 2.20. The summed E-state index contributed by atoms with van der Waals surface area (Å²) in [5.41, 5.74) is 0. The Balaban J connectivity index is 1.92. The van der Waals surface area contributed by atoms with E-state index in [1.807, 2.05) is 6.92 Å². The van der Waals surface area contributed by atoms with Crippen LogP contribution in [0.3, 0.4) is 0 Å². The molecule has 1 saturated carbocycles. The van der Waals surface area contributed by atoms with Gasteiger partial charge >= 0.3 is 0 Å². The van der Waals surface area contributed by atoms with Gasteiger partial charge in [0.05, 0.1) is 18.8 Å². The molecule has 0 radical (unpaired) electrons. The second-order valence-electron chi connectivity index (χ2n) is 3.62. The first kappa shape index (κ1) is 10.6. The Labute approximate surface area is 81.0 Å². The molecule has 0 heterocycles. The Hall–Kier alpha value is -0.520.